The van der Waals surface area contributed by atoms with E-state index in [1.165, 1.54) is 0 Å². The van der Waals surface area contributed by atoms with Gasteiger partial charge in [0.25, 0.3) is 0 Å². The first-order chi connectivity index (χ1) is 13.1. The average molecular weight is 382 g/mol. The third kappa shape index (κ3) is 2.87. The SMILES string of the molecule is Cc1cn(Cc2nc3cnc4ccc(Cl)cc4c3n2[C@@H]2CCN(C)C2)nn1. The highest BCUT2D eigenvalue weighted by molar-refractivity contribution is 6.31. The van der Waals surface area contributed by atoms with Crippen LogP contribution in [0.1, 0.15) is 24.0 Å². The van der Waals surface area contributed by atoms with E-state index in [0.717, 1.165) is 53.0 Å². The monoisotopic (exact) mass is 381 g/mol. The maximum atomic E-state index is 6.31. The molecule has 27 heavy (non-hydrogen) atoms. The molecule has 0 radical (unpaired) electrons. The number of aryl methyl sites for hydroxylation is 1. The third-order valence-electron chi connectivity index (χ3n) is 5.24. The predicted molar refractivity (Wildman–Crippen MR) is 105 cm³/mol. The summed E-state index contributed by atoms with van der Waals surface area (Å²) in [7, 11) is 2.16. The lowest BCUT2D eigenvalue weighted by atomic mass is 10.1. The molecule has 7 nitrogen and oxygen atoms in total. The van der Waals surface area contributed by atoms with E-state index in [4.69, 9.17) is 16.6 Å². The number of pyridine rings is 1. The molecule has 138 valence electrons. The second kappa shape index (κ2) is 6.28. The minimum Gasteiger partial charge on any atom is -0.321 e. The number of hydrogen-bond donors (Lipinski definition) is 0. The standard InChI is InChI=1S/C19H20ClN7/c1-12-9-26(24-23-12)11-18-22-17-8-21-16-4-3-13(20)7-15(16)19(17)27(18)14-5-6-25(2)10-14/h3-4,7-9,14H,5-6,10-11H2,1-2H3/t14-/m1/s1. The molecule has 1 aromatic carbocycles. The smallest absolute Gasteiger partial charge is 0.132 e. The molecular weight excluding hydrogens is 362 g/mol. The second-order valence-corrected chi connectivity index (χ2v) is 7.75. The van der Waals surface area contributed by atoms with Gasteiger partial charge in [-0.05, 0) is 45.1 Å². The fraction of sp³-hybridized carbons (Fsp3) is 0.368. The summed E-state index contributed by atoms with van der Waals surface area (Å²) in [6, 6.07) is 6.21. The molecule has 1 atom stereocenters. The van der Waals surface area contributed by atoms with Crippen LogP contribution >= 0.6 is 11.6 Å². The Morgan fingerprint density at radius 1 is 1.26 bits per heavy atom. The van der Waals surface area contributed by atoms with Crippen molar-refractivity contribution in [2.75, 3.05) is 20.1 Å². The molecule has 0 unspecified atom stereocenters. The summed E-state index contributed by atoms with van der Waals surface area (Å²) in [4.78, 5) is 11.9. The maximum absolute atomic E-state index is 6.31. The summed E-state index contributed by atoms with van der Waals surface area (Å²) >= 11 is 6.31. The lowest BCUT2D eigenvalue weighted by molar-refractivity contribution is 0.390. The topological polar surface area (TPSA) is 64.7 Å². The van der Waals surface area contributed by atoms with E-state index in [2.05, 4.69) is 31.8 Å². The Bertz CT molecular complexity index is 1150. The Kier molecular flexibility index (Phi) is 3.87. The zero-order valence-electron chi connectivity index (χ0n) is 15.3. The summed E-state index contributed by atoms with van der Waals surface area (Å²) < 4.78 is 4.21. The van der Waals surface area contributed by atoms with E-state index in [1.807, 2.05) is 42.2 Å². The number of likely N-dealkylation sites (tertiary alicyclic amines) is 1. The molecule has 1 fully saturated rings. The van der Waals surface area contributed by atoms with Crippen molar-refractivity contribution in [3.05, 3.63) is 47.1 Å². The molecule has 3 aromatic heterocycles. The maximum Gasteiger partial charge on any atom is 0.132 e. The molecule has 5 rings (SSSR count). The van der Waals surface area contributed by atoms with Crippen LogP contribution in [-0.4, -0.2) is 54.6 Å². The van der Waals surface area contributed by atoms with E-state index in [0.29, 0.717) is 17.6 Å². The fourth-order valence-electron chi connectivity index (χ4n) is 4.04. The first-order valence-electron chi connectivity index (χ1n) is 9.09. The van der Waals surface area contributed by atoms with E-state index >= 15 is 0 Å². The van der Waals surface area contributed by atoms with Gasteiger partial charge in [-0.3, -0.25) is 4.98 Å². The van der Waals surface area contributed by atoms with Gasteiger partial charge in [-0.25, -0.2) is 9.67 Å². The normalized spacial score (nSPS) is 18.1. The van der Waals surface area contributed by atoms with Crippen molar-refractivity contribution < 1.29 is 0 Å². The summed E-state index contributed by atoms with van der Waals surface area (Å²) in [5, 5.41) is 10.1. The van der Waals surface area contributed by atoms with Gasteiger partial charge >= 0.3 is 0 Å². The lowest BCUT2D eigenvalue weighted by Crippen LogP contribution is -2.19. The molecule has 1 saturated heterocycles. The van der Waals surface area contributed by atoms with Crippen molar-refractivity contribution in [3.63, 3.8) is 0 Å². The van der Waals surface area contributed by atoms with Gasteiger partial charge in [-0.15, -0.1) is 5.10 Å². The van der Waals surface area contributed by atoms with Crippen LogP contribution in [-0.2, 0) is 6.54 Å². The van der Waals surface area contributed by atoms with Crippen molar-refractivity contribution in [3.8, 4) is 0 Å². The quantitative estimate of drug-likeness (QED) is 0.545. The molecule has 4 aromatic rings. The van der Waals surface area contributed by atoms with Crippen LogP contribution < -0.4 is 0 Å². The van der Waals surface area contributed by atoms with Crippen LogP contribution in [0, 0.1) is 6.92 Å². The van der Waals surface area contributed by atoms with Crippen molar-refractivity contribution in [2.45, 2.75) is 25.9 Å². The molecule has 0 N–H and O–H groups in total. The van der Waals surface area contributed by atoms with Gasteiger partial charge < -0.3 is 9.47 Å². The summed E-state index contributed by atoms with van der Waals surface area (Å²) in [5.41, 5.74) is 3.83. The van der Waals surface area contributed by atoms with Crippen LogP contribution in [0.15, 0.2) is 30.6 Å². The molecule has 0 bridgehead atoms. The molecular formula is C19H20ClN7. The van der Waals surface area contributed by atoms with E-state index in [1.54, 1.807) is 0 Å². The average Bonchev–Trinajstić information content (AvgIpc) is 3.33. The Morgan fingerprint density at radius 2 is 2.15 bits per heavy atom. The van der Waals surface area contributed by atoms with E-state index < -0.39 is 0 Å². The van der Waals surface area contributed by atoms with Gasteiger partial charge in [-0.2, -0.15) is 0 Å². The third-order valence-corrected chi connectivity index (χ3v) is 5.47. The highest BCUT2D eigenvalue weighted by Crippen LogP contribution is 2.32. The van der Waals surface area contributed by atoms with Crippen molar-refractivity contribution in [1.29, 1.82) is 0 Å². The van der Waals surface area contributed by atoms with Crippen LogP contribution in [0.25, 0.3) is 21.9 Å². The summed E-state index contributed by atoms with van der Waals surface area (Å²) in [5.74, 6) is 0.976. The number of halogens is 1. The van der Waals surface area contributed by atoms with Gasteiger partial charge in [0.2, 0.25) is 0 Å². The number of hydrogen-bond acceptors (Lipinski definition) is 5. The highest BCUT2D eigenvalue weighted by atomic mass is 35.5. The number of likely N-dealkylation sites (N-methyl/N-ethyl adjacent to an activating group) is 1. The largest absolute Gasteiger partial charge is 0.321 e. The first kappa shape index (κ1) is 16.6. The van der Waals surface area contributed by atoms with Crippen LogP contribution in [0.2, 0.25) is 5.02 Å². The molecule has 0 amide bonds. The Morgan fingerprint density at radius 3 is 2.89 bits per heavy atom. The molecule has 4 heterocycles. The number of aromatic nitrogens is 6. The van der Waals surface area contributed by atoms with Gasteiger partial charge in [0.1, 0.15) is 17.9 Å². The van der Waals surface area contributed by atoms with Crippen molar-refractivity contribution in [2.24, 2.45) is 0 Å². The number of benzene rings is 1. The van der Waals surface area contributed by atoms with E-state index in [9.17, 15) is 0 Å². The molecule has 1 aliphatic rings. The number of fused-ring (bicyclic) bond motifs is 3. The van der Waals surface area contributed by atoms with Crippen LogP contribution in [0.4, 0.5) is 0 Å². The second-order valence-electron chi connectivity index (χ2n) is 7.31. The number of rotatable bonds is 3. The minimum atomic E-state index is 0.365. The zero-order chi connectivity index (χ0) is 18.5. The summed E-state index contributed by atoms with van der Waals surface area (Å²) in [6.45, 7) is 4.60. The zero-order valence-corrected chi connectivity index (χ0v) is 16.1. The van der Waals surface area contributed by atoms with Crippen LogP contribution in [0.3, 0.4) is 0 Å². The molecule has 0 spiro atoms. The highest BCUT2D eigenvalue weighted by Gasteiger charge is 2.27. The number of nitrogens with zero attached hydrogens (tertiary/aromatic N) is 7. The minimum absolute atomic E-state index is 0.365. The predicted octanol–water partition coefficient (Wildman–Crippen LogP) is 3.06. The van der Waals surface area contributed by atoms with Gasteiger partial charge in [0.15, 0.2) is 0 Å². The molecule has 1 aliphatic heterocycles. The molecule has 0 aliphatic carbocycles. The Hall–Kier alpha value is -2.51. The Labute approximate surface area is 161 Å². The lowest BCUT2D eigenvalue weighted by Gasteiger charge is -2.17. The van der Waals surface area contributed by atoms with Gasteiger partial charge in [0.05, 0.1) is 22.9 Å². The van der Waals surface area contributed by atoms with Gasteiger partial charge in [-0.1, -0.05) is 16.8 Å². The number of imidazole rings is 1. The Balaban J connectivity index is 1.75. The first-order valence-corrected chi connectivity index (χ1v) is 9.46. The van der Waals surface area contributed by atoms with Crippen LogP contribution in [0.5, 0.6) is 0 Å². The van der Waals surface area contributed by atoms with Crippen molar-refractivity contribution >= 4 is 33.5 Å². The fourth-order valence-corrected chi connectivity index (χ4v) is 4.21. The molecule has 8 heteroatoms. The summed E-state index contributed by atoms with van der Waals surface area (Å²) in [6.07, 6.45) is 4.89. The van der Waals surface area contributed by atoms with E-state index in [-0.39, 0.29) is 0 Å². The molecule has 0 saturated carbocycles. The van der Waals surface area contributed by atoms with Crippen molar-refractivity contribution in [1.82, 2.24) is 34.4 Å². The van der Waals surface area contributed by atoms with Gasteiger partial charge in [0, 0.05) is 29.2 Å².